The summed E-state index contributed by atoms with van der Waals surface area (Å²) < 4.78 is 23.5. The second-order valence-electron chi connectivity index (χ2n) is 6.12. The lowest BCUT2D eigenvalue weighted by Gasteiger charge is -2.36. The molecule has 0 bridgehead atoms. The van der Waals surface area contributed by atoms with Gasteiger partial charge in [-0.2, -0.15) is 0 Å². The molecule has 1 saturated heterocycles. The molecule has 0 saturated carbocycles. The van der Waals surface area contributed by atoms with E-state index in [9.17, 15) is 9.18 Å². The number of benzene rings is 2. The first-order valence-electron chi connectivity index (χ1n) is 8.71. The Morgan fingerprint density at radius 2 is 1.58 bits per heavy atom. The summed E-state index contributed by atoms with van der Waals surface area (Å²) in [6, 6.07) is 13.8. The zero-order valence-electron chi connectivity index (χ0n) is 14.9. The van der Waals surface area contributed by atoms with Crippen LogP contribution >= 0.6 is 0 Å². The minimum Gasteiger partial charge on any atom is -0.497 e. The largest absolute Gasteiger partial charge is 0.497 e. The van der Waals surface area contributed by atoms with Crippen molar-refractivity contribution in [2.75, 3.05) is 44.8 Å². The molecule has 0 N–H and O–H groups in total. The third kappa shape index (κ3) is 4.65. The summed E-state index contributed by atoms with van der Waals surface area (Å²) in [4.78, 5) is 16.5. The number of halogens is 1. The summed E-state index contributed by atoms with van der Waals surface area (Å²) in [6.07, 6.45) is 0.319. The summed E-state index contributed by atoms with van der Waals surface area (Å²) in [5.41, 5.74) is 1.14. The van der Waals surface area contributed by atoms with Crippen LogP contribution in [0.1, 0.15) is 6.42 Å². The molecule has 1 fully saturated rings. The zero-order valence-corrected chi connectivity index (χ0v) is 14.9. The van der Waals surface area contributed by atoms with E-state index in [1.807, 2.05) is 29.2 Å². The highest BCUT2D eigenvalue weighted by molar-refractivity contribution is 5.76. The standard InChI is InChI=1S/C20H23FN2O3/c1-25-18-8-4-17(5-9-18)22-11-13-23(14-12-22)20(24)10-15-26-19-6-2-16(21)3-7-19/h2-9H,10-15H2,1H3. The maximum Gasteiger partial charge on any atom is 0.226 e. The van der Waals surface area contributed by atoms with Gasteiger partial charge in [0.2, 0.25) is 5.91 Å². The molecular weight excluding hydrogens is 335 g/mol. The number of hydrogen-bond acceptors (Lipinski definition) is 4. The second kappa shape index (κ2) is 8.56. The lowest BCUT2D eigenvalue weighted by molar-refractivity contribution is -0.132. The van der Waals surface area contributed by atoms with Gasteiger partial charge in [-0.1, -0.05) is 0 Å². The highest BCUT2D eigenvalue weighted by atomic mass is 19.1. The van der Waals surface area contributed by atoms with E-state index < -0.39 is 0 Å². The monoisotopic (exact) mass is 358 g/mol. The van der Waals surface area contributed by atoms with Crippen LogP contribution in [-0.4, -0.2) is 50.7 Å². The molecule has 1 heterocycles. The van der Waals surface area contributed by atoms with Crippen molar-refractivity contribution in [1.82, 2.24) is 4.90 Å². The van der Waals surface area contributed by atoms with Gasteiger partial charge >= 0.3 is 0 Å². The van der Waals surface area contributed by atoms with Crippen molar-refractivity contribution in [3.63, 3.8) is 0 Å². The third-order valence-electron chi connectivity index (χ3n) is 4.47. The summed E-state index contributed by atoms with van der Waals surface area (Å²) in [7, 11) is 1.65. The highest BCUT2D eigenvalue weighted by Gasteiger charge is 2.21. The third-order valence-corrected chi connectivity index (χ3v) is 4.47. The summed E-state index contributed by atoms with van der Waals surface area (Å²) in [5.74, 6) is 1.19. The fourth-order valence-electron chi connectivity index (χ4n) is 2.95. The molecule has 0 spiro atoms. The van der Waals surface area contributed by atoms with Gasteiger partial charge in [0.05, 0.1) is 20.1 Å². The number of amides is 1. The van der Waals surface area contributed by atoms with E-state index in [1.54, 1.807) is 19.2 Å². The topological polar surface area (TPSA) is 42.0 Å². The minimum absolute atomic E-state index is 0.0847. The number of nitrogens with zero attached hydrogens (tertiary/aromatic N) is 2. The smallest absolute Gasteiger partial charge is 0.226 e. The Balaban J connectivity index is 1.42. The van der Waals surface area contributed by atoms with Gasteiger partial charge in [0.15, 0.2) is 0 Å². The molecule has 1 aliphatic rings. The van der Waals surface area contributed by atoms with Gasteiger partial charge in [0, 0.05) is 31.9 Å². The Bertz CT molecular complexity index is 711. The number of anilines is 1. The molecular formula is C20H23FN2O3. The van der Waals surface area contributed by atoms with Crippen LogP contribution in [0.25, 0.3) is 0 Å². The van der Waals surface area contributed by atoms with Gasteiger partial charge in [-0.3, -0.25) is 4.79 Å². The van der Waals surface area contributed by atoms with E-state index in [2.05, 4.69) is 4.90 Å². The lowest BCUT2D eigenvalue weighted by atomic mass is 10.2. The van der Waals surface area contributed by atoms with Crippen molar-refractivity contribution in [2.24, 2.45) is 0 Å². The first-order valence-corrected chi connectivity index (χ1v) is 8.71. The number of methoxy groups -OCH3 is 1. The van der Waals surface area contributed by atoms with Crippen LogP contribution in [-0.2, 0) is 4.79 Å². The van der Waals surface area contributed by atoms with E-state index in [4.69, 9.17) is 9.47 Å². The Kier molecular flexibility index (Phi) is 5.94. The SMILES string of the molecule is COc1ccc(N2CCN(C(=O)CCOc3ccc(F)cc3)CC2)cc1. The van der Waals surface area contributed by atoms with Crippen LogP contribution in [0.15, 0.2) is 48.5 Å². The molecule has 1 aliphatic heterocycles. The molecule has 6 heteroatoms. The molecule has 0 radical (unpaired) electrons. The van der Waals surface area contributed by atoms with Gasteiger partial charge in [-0.05, 0) is 48.5 Å². The van der Waals surface area contributed by atoms with Crippen molar-refractivity contribution in [1.29, 1.82) is 0 Å². The van der Waals surface area contributed by atoms with Gasteiger partial charge in [0.25, 0.3) is 0 Å². The van der Waals surface area contributed by atoms with E-state index in [-0.39, 0.29) is 11.7 Å². The first kappa shape index (κ1) is 18.0. The molecule has 0 unspecified atom stereocenters. The van der Waals surface area contributed by atoms with Gasteiger partial charge < -0.3 is 19.3 Å². The molecule has 0 atom stereocenters. The number of piperazine rings is 1. The summed E-state index contributed by atoms with van der Waals surface area (Å²) in [6.45, 7) is 3.29. The highest BCUT2D eigenvalue weighted by Crippen LogP contribution is 2.20. The van der Waals surface area contributed by atoms with E-state index in [1.165, 1.54) is 12.1 Å². The molecule has 0 aromatic heterocycles. The average Bonchev–Trinajstić information content (AvgIpc) is 2.69. The number of carbonyl (C=O) groups is 1. The first-order chi connectivity index (χ1) is 12.7. The Labute approximate surface area is 152 Å². The molecule has 5 nitrogen and oxygen atoms in total. The fourth-order valence-corrected chi connectivity index (χ4v) is 2.95. The average molecular weight is 358 g/mol. The van der Waals surface area contributed by atoms with Crippen molar-refractivity contribution in [2.45, 2.75) is 6.42 Å². The molecule has 2 aromatic rings. The molecule has 1 amide bonds. The number of ether oxygens (including phenoxy) is 2. The minimum atomic E-state index is -0.303. The van der Waals surface area contributed by atoms with Crippen molar-refractivity contribution < 1.29 is 18.7 Å². The summed E-state index contributed by atoms with van der Waals surface area (Å²) in [5, 5.41) is 0. The number of rotatable bonds is 6. The fraction of sp³-hybridized carbons (Fsp3) is 0.350. The summed E-state index contributed by atoms with van der Waals surface area (Å²) >= 11 is 0. The van der Waals surface area contributed by atoms with Crippen molar-refractivity contribution in [3.05, 3.63) is 54.3 Å². The predicted octanol–water partition coefficient (Wildman–Crippen LogP) is 2.95. The molecule has 138 valence electrons. The maximum absolute atomic E-state index is 12.8. The molecule has 3 rings (SSSR count). The van der Waals surface area contributed by atoms with Crippen LogP contribution in [0, 0.1) is 5.82 Å². The van der Waals surface area contributed by atoms with E-state index in [0.29, 0.717) is 31.9 Å². The quantitative estimate of drug-likeness (QED) is 0.796. The van der Waals surface area contributed by atoms with Gasteiger partial charge in [-0.15, -0.1) is 0 Å². The predicted molar refractivity (Wildman–Crippen MR) is 98.3 cm³/mol. The van der Waals surface area contributed by atoms with E-state index in [0.717, 1.165) is 24.5 Å². The van der Waals surface area contributed by atoms with Crippen LogP contribution < -0.4 is 14.4 Å². The normalized spacial score (nSPS) is 14.2. The van der Waals surface area contributed by atoms with Gasteiger partial charge in [-0.25, -0.2) is 4.39 Å². The maximum atomic E-state index is 12.8. The Morgan fingerprint density at radius 3 is 2.19 bits per heavy atom. The zero-order chi connectivity index (χ0) is 18.4. The Morgan fingerprint density at radius 1 is 0.962 bits per heavy atom. The van der Waals surface area contributed by atoms with E-state index >= 15 is 0 Å². The van der Waals surface area contributed by atoms with Crippen molar-refractivity contribution >= 4 is 11.6 Å². The van der Waals surface area contributed by atoms with Crippen LogP contribution in [0.4, 0.5) is 10.1 Å². The lowest BCUT2D eigenvalue weighted by Crippen LogP contribution is -2.49. The Hall–Kier alpha value is -2.76. The number of hydrogen-bond donors (Lipinski definition) is 0. The van der Waals surface area contributed by atoms with Gasteiger partial charge in [0.1, 0.15) is 17.3 Å². The second-order valence-corrected chi connectivity index (χ2v) is 6.12. The number of carbonyl (C=O) groups excluding carboxylic acids is 1. The molecule has 0 aliphatic carbocycles. The van der Waals surface area contributed by atoms with Crippen molar-refractivity contribution in [3.8, 4) is 11.5 Å². The molecule has 2 aromatic carbocycles. The van der Waals surface area contributed by atoms with Crippen LogP contribution in [0.3, 0.4) is 0 Å². The molecule has 26 heavy (non-hydrogen) atoms. The van der Waals surface area contributed by atoms with Crippen LogP contribution in [0.5, 0.6) is 11.5 Å². The van der Waals surface area contributed by atoms with Crippen LogP contribution in [0.2, 0.25) is 0 Å².